The van der Waals surface area contributed by atoms with Crippen molar-refractivity contribution in [2.24, 2.45) is 0 Å². The van der Waals surface area contributed by atoms with E-state index in [2.05, 4.69) is 15.1 Å². The number of sulfonamides is 1. The zero-order valence-corrected chi connectivity index (χ0v) is 16.2. The number of carboxylic acid groups (broad SMARTS) is 1. The molecule has 1 saturated heterocycles. The van der Waals surface area contributed by atoms with Crippen LogP contribution in [0.15, 0.2) is 24.7 Å². The van der Waals surface area contributed by atoms with Gasteiger partial charge in [-0.3, -0.25) is 13.9 Å². The number of anilines is 1. The summed E-state index contributed by atoms with van der Waals surface area (Å²) < 4.78 is 34.4. The van der Waals surface area contributed by atoms with E-state index in [0.29, 0.717) is 17.9 Å². The molecule has 2 aromatic heterocycles. The molecule has 4 rings (SSSR count). The first-order valence-corrected chi connectivity index (χ1v) is 10.4. The van der Waals surface area contributed by atoms with E-state index in [1.165, 1.54) is 27.8 Å². The van der Waals surface area contributed by atoms with Crippen molar-refractivity contribution in [2.45, 2.75) is 45.1 Å². The van der Waals surface area contributed by atoms with Gasteiger partial charge in [-0.2, -0.15) is 5.10 Å². The number of rotatable bonds is 3. The molecule has 0 radical (unpaired) electrons. The number of carbonyl (C=O) groups is 1. The molecule has 2 unspecified atom stereocenters. The molecule has 0 saturated carbocycles. The van der Waals surface area contributed by atoms with Crippen molar-refractivity contribution >= 4 is 21.8 Å². The van der Waals surface area contributed by atoms with Crippen molar-refractivity contribution in [3.05, 3.63) is 30.4 Å². The Kier molecular flexibility index (Phi) is 4.37. The Bertz CT molecular complexity index is 994. The number of ether oxygens (including phenoxy) is 1. The highest BCUT2D eigenvalue weighted by Crippen LogP contribution is 2.35. The van der Waals surface area contributed by atoms with Gasteiger partial charge < -0.3 is 9.84 Å². The van der Waals surface area contributed by atoms with E-state index in [9.17, 15) is 18.3 Å². The van der Waals surface area contributed by atoms with Gasteiger partial charge in [-0.25, -0.2) is 23.2 Å². The first kappa shape index (κ1) is 18.5. The molecule has 0 bridgehead atoms. The van der Waals surface area contributed by atoms with Crippen LogP contribution in [0.1, 0.15) is 19.5 Å². The highest BCUT2D eigenvalue weighted by molar-refractivity contribution is 7.93. The standard InChI is InChI=1S/C16H20N6O5S/c1-10-7-21-13(8-20(10)16(23)24)12(6-19-21)22-11(2)14(9-28(22,25)26)27-15-17-4-3-5-18-15/h3-6,10-11,14H,7-9H2,1-2H3,(H,23,24)/t10-,11?,14?/m0/s1. The summed E-state index contributed by atoms with van der Waals surface area (Å²) in [5.74, 6) is -0.226. The predicted octanol–water partition coefficient (Wildman–Crippen LogP) is 0.541. The van der Waals surface area contributed by atoms with Crippen molar-refractivity contribution in [3.8, 4) is 6.01 Å². The van der Waals surface area contributed by atoms with Gasteiger partial charge in [0.2, 0.25) is 10.0 Å². The van der Waals surface area contributed by atoms with Crippen LogP contribution < -0.4 is 9.04 Å². The third-order valence-electron chi connectivity index (χ3n) is 5.08. The number of aromatic nitrogens is 4. The Hall–Kier alpha value is -2.89. The lowest BCUT2D eigenvalue weighted by Crippen LogP contribution is -2.45. The number of amides is 1. The van der Waals surface area contributed by atoms with Crippen molar-refractivity contribution in [1.29, 1.82) is 0 Å². The zero-order chi connectivity index (χ0) is 20.1. The van der Waals surface area contributed by atoms with E-state index in [-0.39, 0.29) is 24.3 Å². The molecule has 1 N–H and O–H groups in total. The van der Waals surface area contributed by atoms with Crippen LogP contribution in [-0.4, -0.2) is 68.2 Å². The van der Waals surface area contributed by atoms with Crippen LogP contribution >= 0.6 is 0 Å². The third kappa shape index (κ3) is 3.03. The summed E-state index contributed by atoms with van der Waals surface area (Å²) in [6, 6.07) is 0.971. The smallest absolute Gasteiger partial charge is 0.407 e. The van der Waals surface area contributed by atoms with Crippen LogP contribution in [0.2, 0.25) is 0 Å². The summed E-state index contributed by atoms with van der Waals surface area (Å²) in [6.45, 7) is 3.96. The number of nitrogens with zero attached hydrogens (tertiary/aromatic N) is 6. The van der Waals surface area contributed by atoms with E-state index in [1.807, 2.05) is 0 Å². The Morgan fingerprint density at radius 1 is 1.29 bits per heavy atom. The average Bonchev–Trinajstić information content (AvgIpc) is 3.12. The molecule has 28 heavy (non-hydrogen) atoms. The van der Waals surface area contributed by atoms with Crippen molar-refractivity contribution in [2.75, 3.05) is 10.1 Å². The van der Waals surface area contributed by atoms with Gasteiger partial charge in [-0.15, -0.1) is 0 Å². The Morgan fingerprint density at radius 2 is 2.00 bits per heavy atom. The summed E-state index contributed by atoms with van der Waals surface area (Å²) in [4.78, 5) is 20.8. The summed E-state index contributed by atoms with van der Waals surface area (Å²) >= 11 is 0. The fraction of sp³-hybridized carbons (Fsp3) is 0.500. The Balaban J connectivity index is 1.65. The molecule has 12 heteroatoms. The van der Waals surface area contributed by atoms with Crippen molar-refractivity contribution < 1.29 is 23.1 Å². The van der Waals surface area contributed by atoms with E-state index in [4.69, 9.17) is 4.74 Å². The van der Waals surface area contributed by atoms with Crippen LogP contribution in [0.4, 0.5) is 10.5 Å². The lowest BCUT2D eigenvalue weighted by molar-refractivity contribution is 0.105. The van der Waals surface area contributed by atoms with E-state index in [1.54, 1.807) is 24.6 Å². The van der Waals surface area contributed by atoms with Crippen molar-refractivity contribution in [3.63, 3.8) is 0 Å². The highest BCUT2D eigenvalue weighted by atomic mass is 32.2. The molecule has 1 amide bonds. The summed E-state index contributed by atoms with van der Waals surface area (Å²) in [6.07, 6.45) is 2.79. The molecule has 2 aliphatic rings. The predicted molar refractivity (Wildman–Crippen MR) is 97.4 cm³/mol. The minimum atomic E-state index is -3.68. The number of fused-ring (bicyclic) bond motifs is 1. The van der Waals surface area contributed by atoms with Gasteiger partial charge in [0.1, 0.15) is 11.9 Å². The molecule has 0 aromatic carbocycles. The first-order valence-electron chi connectivity index (χ1n) is 8.78. The lowest BCUT2D eigenvalue weighted by atomic mass is 10.1. The summed E-state index contributed by atoms with van der Waals surface area (Å²) in [5.41, 5.74) is 0.929. The molecular weight excluding hydrogens is 388 g/mol. The van der Waals surface area contributed by atoms with Crippen LogP contribution in [0.25, 0.3) is 0 Å². The van der Waals surface area contributed by atoms with E-state index < -0.39 is 28.3 Å². The molecule has 3 atom stereocenters. The SMILES string of the molecule is CC1C(Oc2ncccn2)CS(=O)(=O)N1c1cnn2c1CN(C(=O)O)[C@@H](C)C2. The van der Waals surface area contributed by atoms with Crippen LogP contribution in [0, 0.1) is 0 Å². The molecular formula is C16H20N6O5S. The van der Waals surface area contributed by atoms with E-state index in [0.717, 1.165) is 0 Å². The second-order valence-electron chi connectivity index (χ2n) is 6.92. The zero-order valence-electron chi connectivity index (χ0n) is 15.3. The molecule has 1 fully saturated rings. The van der Waals surface area contributed by atoms with Gasteiger partial charge in [0.05, 0.1) is 42.8 Å². The van der Waals surface area contributed by atoms with Gasteiger partial charge in [0, 0.05) is 12.4 Å². The Labute approximate surface area is 161 Å². The normalized spacial score (nSPS) is 26.1. The highest BCUT2D eigenvalue weighted by Gasteiger charge is 2.46. The maximum atomic E-state index is 12.9. The monoisotopic (exact) mass is 408 g/mol. The lowest BCUT2D eigenvalue weighted by Gasteiger charge is -2.33. The number of hydrogen-bond acceptors (Lipinski definition) is 7. The van der Waals surface area contributed by atoms with Gasteiger partial charge in [-0.1, -0.05) is 0 Å². The molecule has 0 spiro atoms. The summed E-state index contributed by atoms with van der Waals surface area (Å²) in [7, 11) is -3.68. The molecule has 0 aliphatic carbocycles. The van der Waals surface area contributed by atoms with Crippen molar-refractivity contribution in [1.82, 2.24) is 24.6 Å². The van der Waals surface area contributed by atoms with Gasteiger partial charge in [-0.05, 0) is 19.9 Å². The minimum absolute atomic E-state index is 0.0674. The second kappa shape index (κ2) is 6.62. The molecule has 150 valence electrons. The molecule has 2 aromatic rings. The minimum Gasteiger partial charge on any atom is -0.465 e. The largest absolute Gasteiger partial charge is 0.465 e. The van der Waals surface area contributed by atoms with Gasteiger partial charge >= 0.3 is 12.1 Å². The van der Waals surface area contributed by atoms with Crippen LogP contribution in [0.5, 0.6) is 6.01 Å². The molecule has 11 nitrogen and oxygen atoms in total. The fourth-order valence-electron chi connectivity index (χ4n) is 3.64. The van der Waals surface area contributed by atoms with Crippen LogP contribution in [-0.2, 0) is 23.1 Å². The maximum absolute atomic E-state index is 12.9. The first-order chi connectivity index (χ1) is 13.3. The fourth-order valence-corrected chi connectivity index (χ4v) is 5.66. The third-order valence-corrected chi connectivity index (χ3v) is 6.96. The Morgan fingerprint density at radius 3 is 2.68 bits per heavy atom. The van der Waals surface area contributed by atoms with Crippen LogP contribution in [0.3, 0.4) is 0 Å². The van der Waals surface area contributed by atoms with Gasteiger partial charge in [0.25, 0.3) is 0 Å². The van der Waals surface area contributed by atoms with E-state index >= 15 is 0 Å². The molecule has 2 aliphatic heterocycles. The van der Waals surface area contributed by atoms with Gasteiger partial charge in [0.15, 0.2) is 0 Å². The maximum Gasteiger partial charge on any atom is 0.407 e. The quantitative estimate of drug-likeness (QED) is 0.779. The summed E-state index contributed by atoms with van der Waals surface area (Å²) in [5, 5.41) is 13.7. The number of hydrogen-bond donors (Lipinski definition) is 1. The average molecular weight is 408 g/mol. The second-order valence-corrected chi connectivity index (χ2v) is 8.81. The molecule has 4 heterocycles. The topological polar surface area (TPSA) is 131 Å².